The maximum atomic E-state index is 12.7. The fourth-order valence-electron chi connectivity index (χ4n) is 2.48. The van der Waals surface area contributed by atoms with Crippen molar-refractivity contribution in [2.24, 2.45) is 0 Å². The van der Waals surface area contributed by atoms with Gasteiger partial charge >= 0.3 is 0 Å². The van der Waals surface area contributed by atoms with E-state index in [1.54, 1.807) is 4.90 Å². The standard InChI is InChI=1S/C19H18N2OS2/c1-13-5-4-6-16(11-13)21-18(22)17(24-19(21)23)12-14-7-9-15(10-8-14)20(2)3/h4-12H,1-3H3. The van der Waals surface area contributed by atoms with Gasteiger partial charge in [0.15, 0.2) is 4.32 Å². The van der Waals surface area contributed by atoms with Crippen LogP contribution in [0.4, 0.5) is 11.4 Å². The van der Waals surface area contributed by atoms with Gasteiger partial charge in [0.1, 0.15) is 0 Å². The number of hydrogen-bond donors (Lipinski definition) is 0. The van der Waals surface area contributed by atoms with Crippen molar-refractivity contribution in [3.8, 4) is 0 Å². The van der Waals surface area contributed by atoms with Crippen LogP contribution in [0, 0.1) is 6.92 Å². The lowest BCUT2D eigenvalue weighted by Crippen LogP contribution is -2.27. The summed E-state index contributed by atoms with van der Waals surface area (Å²) < 4.78 is 0.571. The zero-order valence-electron chi connectivity index (χ0n) is 13.8. The fraction of sp³-hybridized carbons (Fsp3) is 0.158. The summed E-state index contributed by atoms with van der Waals surface area (Å²) in [4.78, 5) is 17.0. The van der Waals surface area contributed by atoms with Crippen LogP contribution >= 0.6 is 24.0 Å². The quantitative estimate of drug-likeness (QED) is 0.599. The smallest absolute Gasteiger partial charge is 0.270 e. The molecule has 0 aliphatic carbocycles. The summed E-state index contributed by atoms with van der Waals surface area (Å²) >= 11 is 6.76. The molecule has 0 bridgehead atoms. The van der Waals surface area contributed by atoms with Crippen molar-refractivity contribution in [2.75, 3.05) is 23.9 Å². The Morgan fingerprint density at radius 1 is 1.12 bits per heavy atom. The van der Waals surface area contributed by atoms with Crippen molar-refractivity contribution in [1.29, 1.82) is 0 Å². The molecule has 1 saturated heterocycles. The number of hydrogen-bond acceptors (Lipinski definition) is 4. The molecule has 24 heavy (non-hydrogen) atoms. The van der Waals surface area contributed by atoms with Gasteiger partial charge in [-0.05, 0) is 48.4 Å². The Hall–Kier alpha value is -2.11. The third kappa shape index (κ3) is 3.37. The van der Waals surface area contributed by atoms with Crippen molar-refractivity contribution < 1.29 is 4.79 Å². The molecular formula is C19H18N2OS2. The molecule has 0 unspecified atom stereocenters. The molecule has 2 aromatic carbocycles. The van der Waals surface area contributed by atoms with Crippen LogP contribution < -0.4 is 9.80 Å². The van der Waals surface area contributed by atoms with Gasteiger partial charge < -0.3 is 4.90 Å². The van der Waals surface area contributed by atoms with Gasteiger partial charge in [-0.15, -0.1) is 0 Å². The van der Waals surface area contributed by atoms with Gasteiger partial charge in [0, 0.05) is 19.8 Å². The number of thiocarbonyl (C=S) groups is 1. The molecule has 0 radical (unpaired) electrons. The van der Waals surface area contributed by atoms with Gasteiger partial charge in [0.25, 0.3) is 5.91 Å². The van der Waals surface area contributed by atoms with Crippen LogP contribution in [0.25, 0.3) is 6.08 Å². The highest BCUT2D eigenvalue weighted by Gasteiger charge is 2.33. The first kappa shape index (κ1) is 16.7. The van der Waals surface area contributed by atoms with E-state index < -0.39 is 0 Å². The van der Waals surface area contributed by atoms with Crippen LogP contribution in [0.1, 0.15) is 11.1 Å². The fourth-order valence-corrected chi connectivity index (χ4v) is 3.78. The van der Waals surface area contributed by atoms with E-state index in [0.29, 0.717) is 9.23 Å². The number of amides is 1. The predicted octanol–water partition coefficient (Wildman–Crippen LogP) is 4.47. The molecular weight excluding hydrogens is 336 g/mol. The zero-order chi connectivity index (χ0) is 17.3. The van der Waals surface area contributed by atoms with Crippen molar-refractivity contribution >= 4 is 51.7 Å². The van der Waals surface area contributed by atoms with Crippen LogP contribution in [-0.4, -0.2) is 24.3 Å². The second kappa shape index (κ2) is 6.79. The molecule has 0 atom stereocenters. The maximum Gasteiger partial charge on any atom is 0.270 e. The minimum absolute atomic E-state index is 0.0627. The molecule has 1 fully saturated rings. The first-order valence-electron chi connectivity index (χ1n) is 7.58. The Bertz CT molecular complexity index is 826. The summed E-state index contributed by atoms with van der Waals surface area (Å²) in [7, 11) is 4.00. The molecule has 3 nitrogen and oxygen atoms in total. The molecule has 1 heterocycles. The Kier molecular flexibility index (Phi) is 4.73. The number of benzene rings is 2. The largest absolute Gasteiger partial charge is 0.378 e. The van der Waals surface area contributed by atoms with Crippen molar-refractivity contribution in [2.45, 2.75) is 6.92 Å². The SMILES string of the molecule is Cc1cccc(N2C(=O)C(=Cc3ccc(N(C)C)cc3)SC2=S)c1. The highest BCUT2D eigenvalue weighted by Crippen LogP contribution is 2.36. The lowest BCUT2D eigenvalue weighted by atomic mass is 10.1. The number of carbonyl (C=O) groups excluding carboxylic acids is 1. The van der Waals surface area contributed by atoms with Crippen LogP contribution in [0.3, 0.4) is 0 Å². The molecule has 1 amide bonds. The number of carbonyl (C=O) groups is 1. The second-order valence-corrected chi connectivity index (χ2v) is 7.52. The van der Waals surface area contributed by atoms with Gasteiger partial charge in [-0.25, -0.2) is 0 Å². The van der Waals surface area contributed by atoms with E-state index in [-0.39, 0.29) is 5.91 Å². The van der Waals surface area contributed by atoms with Crippen LogP contribution in [0.5, 0.6) is 0 Å². The maximum absolute atomic E-state index is 12.7. The molecule has 0 aromatic heterocycles. The van der Waals surface area contributed by atoms with Crippen molar-refractivity contribution in [1.82, 2.24) is 0 Å². The molecule has 0 saturated carbocycles. The third-order valence-electron chi connectivity index (χ3n) is 3.76. The average molecular weight is 355 g/mol. The molecule has 2 aromatic rings. The lowest BCUT2D eigenvalue weighted by Gasteiger charge is -2.14. The van der Waals surface area contributed by atoms with Gasteiger partial charge in [-0.1, -0.05) is 48.2 Å². The number of rotatable bonds is 3. The third-order valence-corrected chi connectivity index (χ3v) is 5.06. The summed E-state index contributed by atoms with van der Waals surface area (Å²) in [6.45, 7) is 2.00. The van der Waals surface area contributed by atoms with E-state index in [1.165, 1.54) is 11.8 Å². The number of aryl methyl sites for hydroxylation is 1. The van der Waals surface area contributed by atoms with E-state index in [2.05, 4.69) is 0 Å². The average Bonchev–Trinajstić information content (AvgIpc) is 2.82. The van der Waals surface area contributed by atoms with Crippen molar-refractivity contribution in [3.05, 3.63) is 64.6 Å². The normalized spacial score (nSPS) is 16.1. The first-order valence-corrected chi connectivity index (χ1v) is 8.80. The van der Waals surface area contributed by atoms with E-state index in [9.17, 15) is 4.79 Å². The van der Waals surface area contributed by atoms with E-state index in [0.717, 1.165) is 22.5 Å². The van der Waals surface area contributed by atoms with Gasteiger partial charge in [0.2, 0.25) is 0 Å². The summed E-state index contributed by atoms with van der Waals surface area (Å²) in [6.07, 6.45) is 1.90. The highest BCUT2D eigenvalue weighted by atomic mass is 32.2. The van der Waals surface area contributed by atoms with Crippen LogP contribution in [0.2, 0.25) is 0 Å². The summed E-state index contributed by atoms with van der Waals surface area (Å²) in [5, 5.41) is 0. The summed E-state index contributed by atoms with van der Waals surface area (Å²) in [5.41, 5.74) is 4.04. The topological polar surface area (TPSA) is 23.6 Å². The zero-order valence-corrected chi connectivity index (χ0v) is 15.4. The van der Waals surface area contributed by atoms with Crippen LogP contribution in [-0.2, 0) is 4.79 Å². The van der Waals surface area contributed by atoms with Crippen LogP contribution in [0.15, 0.2) is 53.4 Å². The molecule has 0 N–H and O–H groups in total. The summed E-state index contributed by atoms with van der Waals surface area (Å²) in [6, 6.07) is 15.9. The predicted molar refractivity (Wildman–Crippen MR) is 108 cm³/mol. The number of thioether (sulfide) groups is 1. The molecule has 5 heteroatoms. The molecule has 1 aliphatic heterocycles. The monoisotopic (exact) mass is 354 g/mol. The van der Waals surface area contributed by atoms with Gasteiger partial charge in [-0.3, -0.25) is 9.69 Å². The Labute approximate surface area is 152 Å². The Balaban J connectivity index is 1.88. The van der Waals surface area contributed by atoms with E-state index in [4.69, 9.17) is 12.2 Å². The number of anilines is 2. The number of nitrogens with zero attached hydrogens (tertiary/aromatic N) is 2. The molecule has 1 aliphatic rings. The molecule has 122 valence electrons. The molecule has 0 spiro atoms. The van der Waals surface area contributed by atoms with Gasteiger partial charge in [-0.2, -0.15) is 0 Å². The van der Waals surface area contributed by atoms with Gasteiger partial charge in [0.05, 0.1) is 10.6 Å². The minimum atomic E-state index is -0.0627. The lowest BCUT2D eigenvalue weighted by molar-refractivity contribution is -0.113. The Morgan fingerprint density at radius 3 is 2.46 bits per heavy atom. The second-order valence-electron chi connectivity index (χ2n) is 5.84. The first-order chi connectivity index (χ1) is 11.5. The molecule has 3 rings (SSSR count). The van der Waals surface area contributed by atoms with Crippen molar-refractivity contribution in [3.63, 3.8) is 0 Å². The van der Waals surface area contributed by atoms with E-state index >= 15 is 0 Å². The Morgan fingerprint density at radius 2 is 1.83 bits per heavy atom. The summed E-state index contributed by atoms with van der Waals surface area (Å²) in [5.74, 6) is -0.0627. The highest BCUT2D eigenvalue weighted by molar-refractivity contribution is 8.27. The minimum Gasteiger partial charge on any atom is -0.378 e. The van der Waals surface area contributed by atoms with E-state index in [1.807, 2.05) is 80.5 Å².